The number of ether oxygens (including phenoxy) is 2. The summed E-state index contributed by atoms with van der Waals surface area (Å²) in [5.74, 6) is 0.866. The topological polar surface area (TPSA) is 27.7 Å². The van der Waals surface area contributed by atoms with E-state index in [4.69, 9.17) is 13.9 Å². The summed E-state index contributed by atoms with van der Waals surface area (Å²) in [4.78, 5) is 0. The van der Waals surface area contributed by atoms with E-state index < -0.39 is 8.32 Å². The van der Waals surface area contributed by atoms with Crippen LogP contribution < -0.4 is 4.74 Å². The van der Waals surface area contributed by atoms with Gasteiger partial charge in [0.2, 0.25) is 0 Å². The zero-order chi connectivity index (χ0) is 18.9. The minimum Gasteiger partial charge on any atom is -0.497 e. The summed E-state index contributed by atoms with van der Waals surface area (Å²) >= 11 is 0. The SMILES string of the molecule is C=C[C@H](CCCCO[Si](C)(C)C(C)(C)C)OCc1ccc(OC)cc1. The number of unbranched alkanes of at least 4 members (excludes halogenated alkanes) is 1. The Morgan fingerprint density at radius 3 is 2.28 bits per heavy atom. The molecule has 1 rings (SSSR count). The fraction of sp³-hybridized carbons (Fsp3) is 0.619. The summed E-state index contributed by atoms with van der Waals surface area (Å²) < 4.78 is 17.4. The third-order valence-corrected chi connectivity index (χ3v) is 9.58. The van der Waals surface area contributed by atoms with Gasteiger partial charge in [-0.3, -0.25) is 0 Å². The first-order chi connectivity index (χ1) is 11.7. The first kappa shape index (κ1) is 21.9. The van der Waals surface area contributed by atoms with Gasteiger partial charge in [0, 0.05) is 6.61 Å². The van der Waals surface area contributed by atoms with Gasteiger partial charge in [0.15, 0.2) is 8.32 Å². The Morgan fingerprint density at radius 2 is 1.76 bits per heavy atom. The summed E-state index contributed by atoms with van der Waals surface area (Å²) in [5, 5.41) is 0.276. The van der Waals surface area contributed by atoms with Crippen LogP contribution in [0.2, 0.25) is 18.1 Å². The predicted octanol–water partition coefficient (Wildman–Crippen LogP) is 5.96. The average Bonchev–Trinajstić information content (AvgIpc) is 2.56. The van der Waals surface area contributed by atoms with Crippen molar-refractivity contribution in [3.63, 3.8) is 0 Å². The molecule has 0 aliphatic rings. The van der Waals surface area contributed by atoms with Crippen molar-refractivity contribution >= 4 is 8.32 Å². The van der Waals surface area contributed by atoms with Gasteiger partial charge in [-0.1, -0.05) is 39.0 Å². The third-order valence-electron chi connectivity index (χ3n) is 5.04. The lowest BCUT2D eigenvalue weighted by Crippen LogP contribution is -2.40. The lowest BCUT2D eigenvalue weighted by atomic mass is 10.1. The van der Waals surface area contributed by atoms with E-state index in [0.29, 0.717) is 6.61 Å². The Morgan fingerprint density at radius 1 is 1.12 bits per heavy atom. The molecular formula is C21H36O3Si. The van der Waals surface area contributed by atoms with Gasteiger partial charge in [-0.2, -0.15) is 0 Å². The predicted molar refractivity (Wildman–Crippen MR) is 109 cm³/mol. The molecule has 0 saturated carbocycles. The molecule has 0 aliphatic heterocycles. The lowest BCUT2D eigenvalue weighted by molar-refractivity contribution is 0.0642. The minimum atomic E-state index is -1.62. The van der Waals surface area contributed by atoms with Crippen molar-refractivity contribution in [2.45, 2.75) is 70.9 Å². The van der Waals surface area contributed by atoms with Crippen LogP contribution >= 0.6 is 0 Å². The highest BCUT2D eigenvalue weighted by Crippen LogP contribution is 2.36. The Bertz CT molecular complexity index is 503. The minimum absolute atomic E-state index is 0.0926. The fourth-order valence-electron chi connectivity index (χ4n) is 2.19. The highest BCUT2D eigenvalue weighted by atomic mass is 28.4. The van der Waals surface area contributed by atoms with Crippen LogP contribution in [-0.4, -0.2) is 28.1 Å². The van der Waals surface area contributed by atoms with E-state index in [1.165, 1.54) is 0 Å². The van der Waals surface area contributed by atoms with Crippen molar-refractivity contribution in [1.82, 2.24) is 0 Å². The summed E-state index contributed by atoms with van der Waals surface area (Å²) in [6.45, 7) is 16.8. The second-order valence-electron chi connectivity index (χ2n) is 8.04. The van der Waals surface area contributed by atoms with Crippen LogP contribution in [0, 0.1) is 0 Å². The molecule has 0 bridgehead atoms. The molecule has 0 aliphatic carbocycles. The molecule has 1 aromatic carbocycles. The van der Waals surface area contributed by atoms with E-state index in [1.54, 1.807) is 7.11 Å². The lowest BCUT2D eigenvalue weighted by Gasteiger charge is -2.36. The van der Waals surface area contributed by atoms with Crippen LogP contribution in [-0.2, 0) is 15.8 Å². The van der Waals surface area contributed by atoms with Gasteiger partial charge in [-0.25, -0.2) is 0 Å². The molecule has 0 fully saturated rings. The van der Waals surface area contributed by atoms with E-state index >= 15 is 0 Å². The molecule has 3 nitrogen and oxygen atoms in total. The van der Waals surface area contributed by atoms with Gasteiger partial charge in [-0.05, 0) is 55.1 Å². The molecule has 142 valence electrons. The number of hydrogen-bond acceptors (Lipinski definition) is 3. The van der Waals surface area contributed by atoms with Crippen LogP contribution in [0.25, 0.3) is 0 Å². The quantitative estimate of drug-likeness (QED) is 0.275. The Labute approximate surface area is 155 Å². The Balaban J connectivity index is 2.26. The van der Waals surface area contributed by atoms with Crippen LogP contribution in [0.15, 0.2) is 36.9 Å². The van der Waals surface area contributed by atoms with Crippen molar-refractivity contribution in [2.24, 2.45) is 0 Å². The zero-order valence-corrected chi connectivity index (χ0v) is 17.9. The molecule has 25 heavy (non-hydrogen) atoms. The van der Waals surface area contributed by atoms with Crippen molar-refractivity contribution < 1.29 is 13.9 Å². The van der Waals surface area contributed by atoms with Gasteiger partial charge < -0.3 is 13.9 Å². The number of benzene rings is 1. The normalized spacial score (nSPS) is 13.5. The molecule has 1 atom stereocenters. The Hall–Kier alpha value is -1.10. The van der Waals surface area contributed by atoms with E-state index in [-0.39, 0.29) is 11.1 Å². The van der Waals surface area contributed by atoms with E-state index in [9.17, 15) is 0 Å². The van der Waals surface area contributed by atoms with Crippen LogP contribution in [0.1, 0.15) is 45.6 Å². The first-order valence-corrected chi connectivity index (χ1v) is 12.1. The van der Waals surface area contributed by atoms with Gasteiger partial charge in [0.25, 0.3) is 0 Å². The maximum absolute atomic E-state index is 6.22. The molecule has 0 N–H and O–H groups in total. The maximum Gasteiger partial charge on any atom is 0.191 e. The molecule has 0 unspecified atom stereocenters. The van der Waals surface area contributed by atoms with Crippen molar-refractivity contribution in [2.75, 3.05) is 13.7 Å². The third kappa shape index (κ3) is 7.76. The highest BCUT2D eigenvalue weighted by molar-refractivity contribution is 6.74. The van der Waals surface area contributed by atoms with E-state index in [2.05, 4.69) is 40.4 Å². The van der Waals surface area contributed by atoms with Crippen molar-refractivity contribution in [3.05, 3.63) is 42.5 Å². The number of methoxy groups -OCH3 is 1. The average molecular weight is 365 g/mol. The second-order valence-corrected chi connectivity index (χ2v) is 12.8. The first-order valence-electron chi connectivity index (χ1n) is 9.20. The molecular weight excluding hydrogens is 328 g/mol. The molecule has 0 aromatic heterocycles. The van der Waals surface area contributed by atoms with Crippen molar-refractivity contribution in [1.29, 1.82) is 0 Å². The zero-order valence-electron chi connectivity index (χ0n) is 16.9. The molecule has 0 spiro atoms. The van der Waals surface area contributed by atoms with E-state index in [0.717, 1.165) is 37.2 Å². The molecule has 0 amide bonds. The highest BCUT2D eigenvalue weighted by Gasteiger charge is 2.36. The molecule has 1 aromatic rings. The summed E-state index contributed by atoms with van der Waals surface area (Å²) in [6.07, 6.45) is 5.14. The summed E-state index contributed by atoms with van der Waals surface area (Å²) in [6, 6.07) is 7.98. The van der Waals surface area contributed by atoms with Crippen LogP contribution in [0.5, 0.6) is 5.75 Å². The van der Waals surface area contributed by atoms with Crippen molar-refractivity contribution in [3.8, 4) is 5.75 Å². The number of rotatable bonds is 11. The van der Waals surface area contributed by atoms with E-state index in [1.807, 2.05) is 30.3 Å². The standard InChI is InChI=1S/C21H36O3Si/c1-8-19(23-17-18-12-14-20(22-5)15-13-18)11-9-10-16-24-25(6,7)21(2,3)4/h8,12-15,19H,1,9-11,16-17H2,2-7H3/t19-/m1/s1. The second kappa shape index (κ2) is 10.1. The van der Waals surface area contributed by atoms with Gasteiger partial charge in [0.05, 0.1) is 19.8 Å². The number of hydrogen-bond donors (Lipinski definition) is 0. The summed E-state index contributed by atoms with van der Waals surface area (Å²) in [5.41, 5.74) is 1.15. The van der Waals surface area contributed by atoms with Gasteiger partial charge in [-0.15, -0.1) is 6.58 Å². The largest absolute Gasteiger partial charge is 0.497 e. The maximum atomic E-state index is 6.22. The molecule has 0 heterocycles. The molecule has 0 radical (unpaired) electrons. The monoisotopic (exact) mass is 364 g/mol. The summed E-state index contributed by atoms with van der Waals surface area (Å²) in [7, 11) is 0.0554. The Kier molecular flexibility index (Phi) is 8.90. The molecule has 0 saturated heterocycles. The van der Waals surface area contributed by atoms with Gasteiger partial charge in [0.1, 0.15) is 5.75 Å². The smallest absolute Gasteiger partial charge is 0.191 e. The van der Waals surface area contributed by atoms with Gasteiger partial charge >= 0.3 is 0 Å². The molecule has 4 heteroatoms. The fourth-order valence-corrected chi connectivity index (χ4v) is 3.27. The van der Waals surface area contributed by atoms with Crippen LogP contribution in [0.3, 0.4) is 0 Å². The van der Waals surface area contributed by atoms with Crippen LogP contribution in [0.4, 0.5) is 0 Å².